The van der Waals surface area contributed by atoms with Crippen molar-refractivity contribution in [2.45, 2.75) is 19.1 Å². The molecular formula is C8H13F3N4O2. The van der Waals surface area contributed by atoms with Crippen molar-refractivity contribution in [1.29, 1.82) is 0 Å². The molecule has 0 unspecified atom stereocenters. The number of hydrogen-bond donors (Lipinski definition) is 2. The van der Waals surface area contributed by atoms with Gasteiger partial charge >= 0.3 is 11.9 Å². The van der Waals surface area contributed by atoms with Crippen molar-refractivity contribution >= 4 is 0 Å². The third kappa shape index (κ3) is 4.57. The summed E-state index contributed by atoms with van der Waals surface area (Å²) in [6.07, 6.45) is -4.34. The van der Waals surface area contributed by atoms with Gasteiger partial charge in [-0.2, -0.15) is 18.3 Å². The Balaban J connectivity index is 2.63. The highest BCUT2D eigenvalue weighted by Gasteiger charge is 2.30. The molecule has 0 amide bonds. The Hall–Kier alpha value is -1.35. The molecule has 98 valence electrons. The van der Waals surface area contributed by atoms with Gasteiger partial charge in [0.05, 0.1) is 13.2 Å². The van der Waals surface area contributed by atoms with Crippen LogP contribution in [-0.4, -0.2) is 40.7 Å². The minimum atomic E-state index is -4.46. The second-order valence-corrected chi connectivity index (χ2v) is 3.30. The maximum atomic E-state index is 12.2. The number of nitrogens with zero attached hydrogens (tertiary/aromatic N) is 2. The van der Waals surface area contributed by atoms with Crippen molar-refractivity contribution in [2.24, 2.45) is 5.73 Å². The van der Waals surface area contributed by atoms with E-state index >= 15 is 0 Å². The van der Waals surface area contributed by atoms with Gasteiger partial charge in [0.1, 0.15) is 12.4 Å². The summed E-state index contributed by atoms with van der Waals surface area (Å²) in [7, 11) is 0. The van der Waals surface area contributed by atoms with Crippen LogP contribution in [0, 0.1) is 0 Å². The molecule has 0 aromatic carbocycles. The van der Waals surface area contributed by atoms with E-state index in [1.54, 1.807) is 0 Å². The summed E-state index contributed by atoms with van der Waals surface area (Å²) in [5.41, 5.74) is 4.30. The summed E-state index contributed by atoms with van der Waals surface area (Å²) in [6.45, 7) is -0.544. The Morgan fingerprint density at radius 2 is 2.12 bits per heavy atom. The maximum absolute atomic E-state index is 12.2. The summed E-state index contributed by atoms with van der Waals surface area (Å²) in [4.78, 5) is 11.1. The molecule has 1 heterocycles. The van der Waals surface area contributed by atoms with Crippen molar-refractivity contribution < 1.29 is 17.9 Å². The van der Waals surface area contributed by atoms with Crippen molar-refractivity contribution in [2.75, 3.05) is 19.8 Å². The zero-order valence-corrected chi connectivity index (χ0v) is 8.96. The first kappa shape index (κ1) is 13.7. The maximum Gasteiger partial charge on any atom is 0.406 e. The Labute approximate surface area is 94.6 Å². The van der Waals surface area contributed by atoms with Gasteiger partial charge in [0.25, 0.3) is 0 Å². The number of halogens is 3. The number of nitrogens with two attached hydrogens (primary N) is 1. The molecule has 0 radical (unpaired) electrons. The molecule has 0 spiro atoms. The van der Waals surface area contributed by atoms with Crippen LogP contribution in [0.1, 0.15) is 5.82 Å². The van der Waals surface area contributed by atoms with Crippen LogP contribution < -0.4 is 11.4 Å². The molecule has 0 fully saturated rings. The Bertz CT molecular complexity index is 398. The predicted octanol–water partition coefficient (Wildman–Crippen LogP) is -0.349. The smallest absolute Gasteiger partial charge is 0.380 e. The summed E-state index contributed by atoms with van der Waals surface area (Å²) in [5, 5.41) is 5.49. The van der Waals surface area contributed by atoms with Crippen LogP contribution in [0.4, 0.5) is 13.2 Å². The van der Waals surface area contributed by atoms with Gasteiger partial charge in [0.15, 0.2) is 0 Å². The molecule has 0 saturated heterocycles. The highest BCUT2D eigenvalue weighted by atomic mass is 19.4. The van der Waals surface area contributed by atoms with Gasteiger partial charge in [-0.3, -0.25) is 4.57 Å². The molecule has 0 aliphatic carbocycles. The Kier molecular flexibility index (Phi) is 4.70. The number of nitrogens with one attached hydrogen (secondary N) is 1. The first-order valence-corrected chi connectivity index (χ1v) is 4.92. The minimum Gasteiger partial charge on any atom is -0.380 e. The SMILES string of the molecule is NCCOCCc1n[nH]c(=O)n1CC(F)(F)F. The van der Waals surface area contributed by atoms with Crippen LogP contribution in [0.15, 0.2) is 4.79 Å². The number of aromatic nitrogens is 3. The summed E-state index contributed by atoms with van der Waals surface area (Å²) < 4.78 is 42.1. The average Bonchev–Trinajstić information content (AvgIpc) is 2.54. The Morgan fingerprint density at radius 3 is 2.71 bits per heavy atom. The minimum absolute atomic E-state index is 0.0179. The molecular weight excluding hydrogens is 241 g/mol. The van der Waals surface area contributed by atoms with Crippen LogP contribution >= 0.6 is 0 Å². The van der Waals surface area contributed by atoms with Crippen LogP contribution in [0.25, 0.3) is 0 Å². The van der Waals surface area contributed by atoms with Gasteiger partial charge in [-0.25, -0.2) is 9.89 Å². The normalized spacial score (nSPS) is 12.0. The van der Waals surface area contributed by atoms with E-state index in [9.17, 15) is 18.0 Å². The number of aromatic amines is 1. The van der Waals surface area contributed by atoms with Crippen LogP contribution in [0.3, 0.4) is 0 Å². The number of alkyl halides is 3. The lowest BCUT2D eigenvalue weighted by molar-refractivity contribution is -0.141. The molecule has 1 aromatic heterocycles. The first-order chi connectivity index (χ1) is 7.94. The monoisotopic (exact) mass is 254 g/mol. The van der Waals surface area contributed by atoms with Crippen LogP contribution in [-0.2, 0) is 17.7 Å². The molecule has 9 heteroatoms. The number of H-pyrrole nitrogens is 1. The molecule has 0 aliphatic heterocycles. The van der Waals surface area contributed by atoms with E-state index in [-0.39, 0.29) is 18.9 Å². The molecule has 3 N–H and O–H groups in total. The van der Waals surface area contributed by atoms with Gasteiger partial charge in [0, 0.05) is 13.0 Å². The van der Waals surface area contributed by atoms with Crippen LogP contribution in [0.2, 0.25) is 0 Å². The van der Waals surface area contributed by atoms with E-state index in [1.165, 1.54) is 0 Å². The first-order valence-electron chi connectivity index (χ1n) is 4.92. The molecule has 6 nitrogen and oxygen atoms in total. The van der Waals surface area contributed by atoms with Gasteiger partial charge in [-0.15, -0.1) is 0 Å². The lowest BCUT2D eigenvalue weighted by Gasteiger charge is -2.08. The summed E-state index contributed by atoms with van der Waals surface area (Å²) >= 11 is 0. The van der Waals surface area contributed by atoms with Crippen molar-refractivity contribution in [3.8, 4) is 0 Å². The summed E-state index contributed by atoms with van der Waals surface area (Å²) in [5.74, 6) is 0.0179. The van der Waals surface area contributed by atoms with E-state index in [0.29, 0.717) is 17.7 Å². The zero-order valence-electron chi connectivity index (χ0n) is 8.96. The standard InChI is InChI=1S/C8H13F3N4O2/c9-8(10,11)5-15-6(13-14-7(15)16)1-3-17-4-2-12/h1-5,12H2,(H,14,16). The van der Waals surface area contributed by atoms with Gasteiger partial charge in [-0.05, 0) is 0 Å². The predicted molar refractivity (Wildman–Crippen MR) is 52.5 cm³/mol. The topological polar surface area (TPSA) is 85.9 Å². The van der Waals surface area contributed by atoms with E-state index in [1.807, 2.05) is 5.10 Å². The third-order valence-corrected chi connectivity index (χ3v) is 1.91. The Morgan fingerprint density at radius 1 is 1.41 bits per heavy atom. The largest absolute Gasteiger partial charge is 0.406 e. The fourth-order valence-corrected chi connectivity index (χ4v) is 1.23. The quantitative estimate of drug-likeness (QED) is 0.679. The number of rotatable bonds is 6. The highest BCUT2D eigenvalue weighted by molar-refractivity contribution is 4.87. The molecule has 17 heavy (non-hydrogen) atoms. The van der Waals surface area contributed by atoms with E-state index in [4.69, 9.17) is 10.5 Å². The van der Waals surface area contributed by atoms with Crippen molar-refractivity contribution in [3.05, 3.63) is 16.3 Å². The fraction of sp³-hybridized carbons (Fsp3) is 0.750. The van der Waals surface area contributed by atoms with E-state index in [0.717, 1.165) is 0 Å². The number of ether oxygens (including phenoxy) is 1. The molecule has 0 aliphatic rings. The fourth-order valence-electron chi connectivity index (χ4n) is 1.23. The molecule has 0 bridgehead atoms. The number of hydrogen-bond acceptors (Lipinski definition) is 4. The van der Waals surface area contributed by atoms with E-state index in [2.05, 4.69) is 5.10 Å². The third-order valence-electron chi connectivity index (χ3n) is 1.91. The lowest BCUT2D eigenvalue weighted by Crippen LogP contribution is -2.28. The summed E-state index contributed by atoms with van der Waals surface area (Å²) in [6, 6.07) is 0. The van der Waals surface area contributed by atoms with Crippen molar-refractivity contribution in [1.82, 2.24) is 14.8 Å². The molecule has 1 aromatic rings. The second-order valence-electron chi connectivity index (χ2n) is 3.30. The lowest BCUT2D eigenvalue weighted by atomic mass is 10.4. The van der Waals surface area contributed by atoms with Gasteiger partial charge in [-0.1, -0.05) is 0 Å². The van der Waals surface area contributed by atoms with Gasteiger partial charge < -0.3 is 10.5 Å². The second kappa shape index (κ2) is 5.82. The zero-order chi connectivity index (χ0) is 12.9. The van der Waals surface area contributed by atoms with Crippen LogP contribution in [0.5, 0.6) is 0 Å². The average molecular weight is 254 g/mol. The highest BCUT2D eigenvalue weighted by Crippen LogP contribution is 2.16. The van der Waals surface area contributed by atoms with E-state index < -0.39 is 18.4 Å². The van der Waals surface area contributed by atoms with Crippen molar-refractivity contribution in [3.63, 3.8) is 0 Å². The molecule has 0 saturated carbocycles. The molecule has 0 atom stereocenters. The molecule has 1 rings (SSSR count). The van der Waals surface area contributed by atoms with Gasteiger partial charge in [0.2, 0.25) is 0 Å².